The smallest absolute Gasteiger partial charge is 0.331 e. The van der Waals surface area contributed by atoms with Gasteiger partial charge in [-0.15, -0.1) is 0 Å². The molecule has 0 radical (unpaired) electrons. The Hall–Kier alpha value is -3.20. The molecule has 0 fully saturated rings. The molecule has 9 heteroatoms. The Morgan fingerprint density at radius 3 is 2.79 bits per heavy atom. The molecule has 0 aliphatic heterocycles. The highest BCUT2D eigenvalue weighted by Crippen LogP contribution is 2.29. The van der Waals surface area contributed by atoms with Gasteiger partial charge < -0.3 is 9.47 Å². The van der Waals surface area contributed by atoms with Gasteiger partial charge in [-0.25, -0.2) is 9.78 Å². The lowest BCUT2D eigenvalue weighted by molar-refractivity contribution is -0.142. The van der Waals surface area contributed by atoms with E-state index in [9.17, 15) is 9.59 Å². The van der Waals surface area contributed by atoms with Gasteiger partial charge in [0.1, 0.15) is 5.75 Å². The zero-order valence-electron chi connectivity index (χ0n) is 16.7. The Morgan fingerprint density at radius 1 is 1.31 bits per heavy atom. The molecule has 1 N–H and O–H groups in total. The molecule has 3 rings (SSSR count). The topological polar surface area (TPSA) is 95.3 Å². The first-order chi connectivity index (χ1) is 13.9. The molecule has 0 atom stereocenters. The van der Waals surface area contributed by atoms with Gasteiger partial charge in [-0.05, 0) is 45.0 Å². The van der Waals surface area contributed by atoms with Crippen LogP contribution < -0.4 is 10.1 Å². The third-order valence-electron chi connectivity index (χ3n) is 4.21. The number of rotatable bonds is 7. The van der Waals surface area contributed by atoms with E-state index in [0.717, 1.165) is 32.9 Å². The Balaban J connectivity index is 1.54. The minimum Gasteiger partial charge on any atom is -0.494 e. The monoisotopic (exact) mass is 414 g/mol. The molecule has 2 aromatic heterocycles. The minimum atomic E-state index is -0.603. The average molecular weight is 414 g/mol. The Labute approximate surface area is 172 Å². The minimum absolute atomic E-state index is 0.395. The third kappa shape index (κ3) is 5.00. The number of nitrogens with one attached hydrogen (secondary N) is 1. The fourth-order valence-corrected chi connectivity index (χ4v) is 3.65. The number of ether oxygens (including phenoxy) is 2. The molecule has 8 nitrogen and oxygen atoms in total. The van der Waals surface area contributed by atoms with Crippen LogP contribution >= 0.6 is 11.3 Å². The van der Waals surface area contributed by atoms with Gasteiger partial charge >= 0.3 is 5.97 Å². The maximum atomic E-state index is 12.1. The molecule has 0 aliphatic carbocycles. The Morgan fingerprint density at radius 2 is 2.10 bits per heavy atom. The summed E-state index contributed by atoms with van der Waals surface area (Å²) in [7, 11) is 1.84. The first kappa shape index (κ1) is 20.5. The van der Waals surface area contributed by atoms with Crippen molar-refractivity contribution in [3.8, 4) is 5.75 Å². The number of fused-ring (bicyclic) bond motifs is 1. The molecule has 0 aliphatic rings. The number of anilines is 1. The summed E-state index contributed by atoms with van der Waals surface area (Å²) in [6.07, 6.45) is 2.93. The lowest BCUT2D eigenvalue weighted by Crippen LogP contribution is -2.20. The summed E-state index contributed by atoms with van der Waals surface area (Å²) in [5, 5.41) is 7.36. The van der Waals surface area contributed by atoms with E-state index >= 15 is 0 Å². The van der Waals surface area contributed by atoms with Crippen LogP contribution in [0.1, 0.15) is 23.9 Å². The van der Waals surface area contributed by atoms with E-state index in [2.05, 4.69) is 15.4 Å². The van der Waals surface area contributed by atoms with Crippen molar-refractivity contribution in [2.45, 2.75) is 20.8 Å². The van der Waals surface area contributed by atoms with E-state index in [1.165, 1.54) is 17.4 Å². The van der Waals surface area contributed by atoms with Gasteiger partial charge in [0.05, 0.1) is 22.5 Å². The molecule has 2 heterocycles. The molecule has 3 aromatic rings. The summed E-state index contributed by atoms with van der Waals surface area (Å²) in [6.45, 7) is 5.87. The number of benzene rings is 1. The molecule has 29 heavy (non-hydrogen) atoms. The van der Waals surface area contributed by atoms with E-state index in [-0.39, 0.29) is 0 Å². The Bertz CT molecular complexity index is 1080. The first-order valence-corrected chi connectivity index (χ1v) is 9.87. The van der Waals surface area contributed by atoms with Crippen LogP contribution in [0.15, 0.2) is 24.3 Å². The molecule has 1 aromatic carbocycles. The second-order valence-corrected chi connectivity index (χ2v) is 7.31. The van der Waals surface area contributed by atoms with E-state index in [1.807, 2.05) is 46.0 Å². The van der Waals surface area contributed by atoms with Crippen LogP contribution in [-0.4, -0.2) is 39.9 Å². The van der Waals surface area contributed by atoms with Crippen LogP contribution in [0.5, 0.6) is 5.75 Å². The Kier molecular flexibility index (Phi) is 6.28. The van der Waals surface area contributed by atoms with Crippen molar-refractivity contribution in [3.05, 3.63) is 41.2 Å². The number of amides is 1. The number of hydrogen-bond donors (Lipinski definition) is 1. The van der Waals surface area contributed by atoms with Crippen LogP contribution in [0.4, 0.5) is 5.13 Å². The highest BCUT2D eigenvalue weighted by Gasteiger charge is 2.11. The quantitative estimate of drug-likeness (QED) is 0.471. The SMILES string of the molecule is CCOc1ccc2nc(NC(=O)COC(=O)/C=C/c3c(C)nn(C)c3C)sc2c1. The first-order valence-electron chi connectivity index (χ1n) is 9.05. The fourth-order valence-electron chi connectivity index (χ4n) is 2.74. The molecule has 0 saturated heterocycles. The van der Waals surface area contributed by atoms with E-state index in [0.29, 0.717) is 11.7 Å². The molecule has 0 saturated carbocycles. The standard InChI is InChI=1S/C20H22N4O4S/c1-5-27-14-6-8-16-17(10-14)29-20(21-16)22-18(25)11-28-19(26)9-7-15-12(2)23-24(4)13(15)3/h6-10H,5,11H2,1-4H3,(H,21,22,25)/b9-7+. The summed E-state index contributed by atoms with van der Waals surface area (Å²) in [5.74, 6) is -0.306. The molecule has 1 amide bonds. The van der Waals surface area contributed by atoms with Gasteiger partial charge in [0.25, 0.3) is 5.91 Å². The van der Waals surface area contributed by atoms with Crippen molar-refractivity contribution in [2.75, 3.05) is 18.5 Å². The fraction of sp³-hybridized carbons (Fsp3) is 0.300. The molecule has 0 spiro atoms. The van der Waals surface area contributed by atoms with Crippen LogP contribution in [0.3, 0.4) is 0 Å². The second kappa shape index (κ2) is 8.87. The average Bonchev–Trinajstić information content (AvgIpc) is 3.18. The second-order valence-electron chi connectivity index (χ2n) is 6.28. The summed E-state index contributed by atoms with van der Waals surface area (Å²) in [4.78, 5) is 28.3. The van der Waals surface area contributed by atoms with Crippen LogP contribution in [-0.2, 0) is 21.4 Å². The highest BCUT2D eigenvalue weighted by molar-refractivity contribution is 7.22. The van der Waals surface area contributed by atoms with Gasteiger partial charge in [-0.3, -0.25) is 14.8 Å². The van der Waals surface area contributed by atoms with Crippen molar-refractivity contribution in [2.24, 2.45) is 7.05 Å². The number of carbonyl (C=O) groups is 2. The normalized spacial score (nSPS) is 11.2. The maximum absolute atomic E-state index is 12.1. The lowest BCUT2D eigenvalue weighted by Gasteiger charge is -2.02. The number of nitrogens with zero attached hydrogens (tertiary/aromatic N) is 3. The molecule has 152 valence electrons. The van der Waals surface area contributed by atoms with Gasteiger partial charge in [0.2, 0.25) is 0 Å². The zero-order valence-corrected chi connectivity index (χ0v) is 17.5. The van der Waals surface area contributed by atoms with Crippen LogP contribution in [0, 0.1) is 13.8 Å². The van der Waals surface area contributed by atoms with Crippen molar-refractivity contribution in [3.63, 3.8) is 0 Å². The van der Waals surface area contributed by atoms with E-state index in [1.54, 1.807) is 10.8 Å². The van der Waals surface area contributed by atoms with Gasteiger partial charge in [-0.2, -0.15) is 5.10 Å². The van der Waals surface area contributed by atoms with Gasteiger partial charge in [0, 0.05) is 24.4 Å². The number of esters is 1. The van der Waals surface area contributed by atoms with Crippen molar-refractivity contribution in [1.29, 1.82) is 0 Å². The van der Waals surface area contributed by atoms with Crippen molar-refractivity contribution >= 4 is 44.6 Å². The molecular formula is C20H22N4O4S. The lowest BCUT2D eigenvalue weighted by atomic mass is 10.2. The van der Waals surface area contributed by atoms with Gasteiger partial charge in [-0.1, -0.05) is 11.3 Å². The van der Waals surface area contributed by atoms with E-state index < -0.39 is 18.5 Å². The summed E-state index contributed by atoms with van der Waals surface area (Å²) in [5.41, 5.74) is 3.37. The number of aryl methyl sites for hydroxylation is 2. The number of thiazole rings is 1. The van der Waals surface area contributed by atoms with Crippen LogP contribution in [0.25, 0.3) is 16.3 Å². The largest absolute Gasteiger partial charge is 0.494 e. The summed E-state index contributed by atoms with van der Waals surface area (Å²) < 4.78 is 13.1. The molecular weight excluding hydrogens is 392 g/mol. The van der Waals surface area contributed by atoms with Crippen molar-refractivity contribution in [1.82, 2.24) is 14.8 Å². The summed E-state index contributed by atoms with van der Waals surface area (Å²) >= 11 is 1.33. The van der Waals surface area contributed by atoms with E-state index in [4.69, 9.17) is 9.47 Å². The maximum Gasteiger partial charge on any atom is 0.331 e. The summed E-state index contributed by atoms with van der Waals surface area (Å²) in [6, 6.07) is 5.54. The van der Waals surface area contributed by atoms with Gasteiger partial charge in [0.15, 0.2) is 11.7 Å². The number of carbonyl (C=O) groups excluding carboxylic acids is 2. The number of hydrogen-bond acceptors (Lipinski definition) is 7. The predicted octanol–water partition coefficient (Wildman–Crippen LogP) is 3.24. The third-order valence-corrected chi connectivity index (χ3v) is 5.15. The number of aromatic nitrogens is 3. The van der Waals surface area contributed by atoms with Crippen molar-refractivity contribution < 1.29 is 19.1 Å². The molecule has 0 unspecified atom stereocenters. The highest BCUT2D eigenvalue weighted by atomic mass is 32.1. The van der Waals surface area contributed by atoms with Crippen LogP contribution in [0.2, 0.25) is 0 Å². The predicted molar refractivity (Wildman–Crippen MR) is 112 cm³/mol. The molecule has 0 bridgehead atoms. The zero-order chi connectivity index (χ0) is 21.0.